The average molecular weight is 713 g/mol. The van der Waals surface area contributed by atoms with Gasteiger partial charge in [0.15, 0.2) is 11.9 Å². The Balaban J connectivity index is 1.97. The smallest absolute Gasteiger partial charge is 0.243 e. The minimum atomic E-state index is -1.11. The minimum absolute atomic E-state index is 0.00360. The number of aliphatic imine (C=N–C) groups is 2. The molecular weight excluding hydrogens is 660 g/mol. The third-order valence-electron chi connectivity index (χ3n) is 7.40. The van der Waals surface area contributed by atoms with Crippen molar-refractivity contribution in [2.24, 2.45) is 44.6 Å². The van der Waals surface area contributed by atoms with Crippen molar-refractivity contribution in [2.45, 2.75) is 71.0 Å². The number of fused-ring (bicyclic) bond motifs is 1. The van der Waals surface area contributed by atoms with Crippen molar-refractivity contribution in [3.8, 4) is 5.75 Å². The Bertz CT molecular complexity index is 1520. The van der Waals surface area contributed by atoms with E-state index < -0.39 is 54.2 Å². The fourth-order valence-electron chi connectivity index (χ4n) is 4.91. The van der Waals surface area contributed by atoms with Crippen LogP contribution >= 0.6 is 0 Å². The Morgan fingerprint density at radius 1 is 0.824 bits per heavy atom. The number of nitrogens with zero attached hydrogens (tertiary/aromatic N) is 2. The summed E-state index contributed by atoms with van der Waals surface area (Å²) in [4.78, 5) is 72.2. The predicted molar refractivity (Wildman–Crippen MR) is 196 cm³/mol. The monoisotopic (exact) mass is 712 g/mol. The summed E-state index contributed by atoms with van der Waals surface area (Å²) in [5, 5.41) is 12.9. The van der Waals surface area contributed by atoms with Crippen LogP contribution in [0.2, 0.25) is 0 Å². The number of hydrogen-bond donors (Lipinski definition) is 10. The molecule has 0 saturated carbocycles. The summed E-state index contributed by atoms with van der Waals surface area (Å²) in [6.45, 7) is 9.09. The molecular formula is C33H52N12O6. The third kappa shape index (κ3) is 15.6. The number of carbonyl (C=O) groups is 5. The highest BCUT2D eigenvalue weighted by Crippen LogP contribution is 2.34. The number of guanidine groups is 2. The van der Waals surface area contributed by atoms with E-state index in [2.05, 4.69) is 43.1 Å². The minimum Gasteiger partial charge on any atom is -0.457 e. The summed E-state index contributed by atoms with van der Waals surface area (Å²) < 4.78 is 5.63. The zero-order valence-corrected chi connectivity index (χ0v) is 29.4. The highest BCUT2D eigenvalue weighted by atomic mass is 16.5. The van der Waals surface area contributed by atoms with Gasteiger partial charge in [-0.05, 0) is 68.7 Å². The van der Waals surface area contributed by atoms with Crippen LogP contribution in [0, 0.1) is 5.92 Å². The van der Waals surface area contributed by atoms with E-state index in [9.17, 15) is 24.0 Å². The van der Waals surface area contributed by atoms with Crippen molar-refractivity contribution in [3.05, 3.63) is 42.2 Å². The Kier molecular flexibility index (Phi) is 16.9. The third-order valence-corrected chi connectivity index (χ3v) is 7.40. The van der Waals surface area contributed by atoms with Crippen LogP contribution in [0.4, 0.5) is 5.69 Å². The molecule has 18 heteroatoms. The van der Waals surface area contributed by atoms with Crippen molar-refractivity contribution in [2.75, 3.05) is 31.5 Å². The largest absolute Gasteiger partial charge is 0.457 e. The predicted octanol–water partition coefficient (Wildman–Crippen LogP) is -1.38. The first-order valence-electron chi connectivity index (χ1n) is 16.6. The fourth-order valence-corrected chi connectivity index (χ4v) is 4.91. The number of amides is 5. The van der Waals surface area contributed by atoms with E-state index in [1.165, 1.54) is 0 Å². The molecule has 0 unspecified atom stereocenters. The lowest BCUT2D eigenvalue weighted by molar-refractivity contribution is -0.133. The Hall–Kier alpha value is -5.65. The lowest BCUT2D eigenvalue weighted by Crippen LogP contribution is -2.56. The number of allylic oxidation sites excluding steroid dienone is 2. The summed E-state index contributed by atoms with van der Waals surface area (Å²) in [6.07, 6.45) is 3.20. The van der Waals surface area contributed by atoms with E-state index in [4.69, 9.17) is 33.4 Å². The Labute approximate surface area is 297 Å². The van der Waals surface area contributed by atoms with E-state index >= 15 is 0 Å². The van der Waals surface area contributed by atoms with Gasteiger partial charge in [-0.15, -0.1) is 0 Å². The highest BCUT2D eigenvalue weighted by molar-refractivity contribution is 5.97. The summed E-state index contributed by atoms with van der Waals surface area (Å²) in [7, 11) is 0. The highest BCUT2D eigenvalue weighted by Gasteiger charge is 2.29. The topological polar surface area (TPSA) is 310 Å². The molecule has 1 aliphatic rings. The molecule has 280 valence electrons. The standard InChI is InChI=1S/C33H52N12O6/c1-18(2)13-25(45-29(48)23(34)7-5-11-39-32(35)36)31(50)44-24(8-6-12-40-33(37)38)30(49)42-16-27(46)41-17-28(47)43-21-9-10-22-19(3)14-20(4)51-26(22)15-21/h9-10,14-15,18,23-25H,4-8,11-13,16-17,34H2,1-3H3,(H,41,46)(H,42,49)(H,43,47)(H,44,50)(H,45,48)(H4,35,36,39)(H4,37,38,40)/t23-,24-,25+/m0/s1. The van der Waals surface area contributed by atoms with Crippen LogP contribution in [0.25, 0.3) is 5.57 Å². The molecule has 0 fully saturated rings. The van der Waals surface area contributed by atoms with Gasteiger partial charge in [-0.1, -0.05) is 20.4 Å². The van der Waals surface area contributed by atoms with Crippen molar-refractivity contribution < 1.29 is 28.7 Å². The first-order valence-corrected chi connectivity index (χ1v) is 16.6. The number of rotatable bonds is 20. The molecule has 3 atom stereocenters. The molecule has 5 amide bonds. The van der Waals surface area contributed by atoms with Crippen molar-refractivity contribution in [1.29, 1.82) is 0 Å². The number of anilines is 1. The maximum Gasteiger partial charge on any atom is 0.243 e. The summed E-state index contributed by atoms with van der Waals surface area (Å²) in [5.41, 5.74) is 29.8. The second kappa shape index (κ2) is 20.8. The maximum absolute atomic E-state index is 13.4. The van der Waals surface area contributed by atoms with Crippen LogP contribution in [0.3, 0.4) is 0 Å². The Morgan fingerprint density at radius 3 is 2.06 bits per heavy atom. The number of nitrogens with two attached hydrogens (primary N) is 5. The molecule has 51 heavy (non-hydrogen) atoms. The molecule has 1 aromatic carbocycles. The van der Waals surface area contributed by atoms with E-state index in [0.29, 0.717) is 36.6 Å². The summed E-state index contributed by atoms with van der Waals surface area (Å²) in [5.74, 6) is -2.17. The molecule has 2 rings (SSSR count). The van der Waals surface area contributed by atoms with Gasteiger partial charge in [0.25, 0.3) is 0 Å². The number of hydrogen-bond acceptors (Lipinski definition) is 9. The van der Waals surface area contributed by atoms with Gasteiger partial charge in [-0.2, -0.15) is 0 Å². The molecule has 0 spiro atoms. The van der Waals surface area contributed by atoms with Gasteiger partial charge < -0.3 is 60.0 Å². The summed E-state index contributed by atoms with van der Waals surface area (Å²) >= 11 is 0. The number of carbonyl (C=O) groups excluding carboxylic acids is 5. The molecule has 0 radical (unpaired) electrons. The van der Waals surface area contributed by atoms with Crippen molar-refractivity contribution in [1.82, 2.24) is 21.3 Å². The first kappa shape index (κ1) is 41.5. The van der Waals surface area contributed by atoms with E-state index in [1.54, 1.807) is 24.3 Å². The SMILES string of the molecule is C=C1C=C(C)c2ccc(NC(=O)CNC(=O)CNC(=O)[C@H](CCCN=C(N)N)NC(=O)[C@@H](CC(C)C)NC(=O)[C@@H](N)CCCN=C(N)N)cc2O1. The molecule has 0 saturated heterocycles. The van der Waals surface area contributed by atoms with Crippen LogP contribution < -0.4 is 60.0 Å². The molecule has 1 aromatic rings. The first-order chi connectivity index (χ1) is 24.0. The van der Waals surface area contributed by atoms with Crippen LogP contribution in [0.5, 0.6) is 5.75 Å². The maximum atomic E-state index is 13.4. The number of benzene rings is 1. The molecule has 1 aliphatic heterocycles. The van der Waals surface area contributed by atoms with Gasteiger partial charge in [0.2, 0.25) is 29.5 Å². The van der Waals surface area contributed by atoms with Crippen molar-refractivity contribution >= 4 is 52.7 Å². The quantitative estimate of drug-likeness (QED) is 0.0427. The second-order valence-electron chi connectivity index (χ2n) is 12.4. The zero-order chi connectivity index (χ0) is 38.1. The molecule has 0 aliphatic carbocycles. The molecule has 1 heterocycles. The fraction of sp³-hybridized carbons (Fsp3) is 0.485. The summed E-state index contributed by atoms with van der Waals surface area (Å²) in [6, 6.07) is 2.13. The normalized spacial score (nSPS) is 13.6. The van der Waals surface area contributed by atoms with Gasteiger partial charge in [-0.25, -0.2) is 0 Å². The van der Waals surface area contributed by atoms with Gasteiger partial charge >= 0.3 is 0 Å². The van der Waals surface area contributed by atoms with Crippen LogP contribution in [-0.4, -0.2) is 85.8 Å². The Morgan fingerprint density at radius 2 is 1.43 bits per heavy atom. The number of ether oxygens (including phenoxy) is 1. The molecule has 0 aromatic heterocycles. The van der Waals surface area contributed by atoms with Gasteiger partial charge in [0.05, 0.1) is 19.1 Å². The van der Waals surface area contributed by atoms with E-state index in [1.807, 2.05) is 20.8 Å². The van der Waals surface area contributed by atoms with E-state index in [-0.39, 0.29) is 50.2 Å². The zero-order valence-electron chi connectivity index (χ0n) is 29.4. The molecule has 18 nitrogen and oxygen atoms in total. The number of nitrogens with one attached hydrogen (secondary N) is 5. The van der Waals surface area contributed by atoms with Gasteiger partial charge in [0.1, 0.15) is 23.6 Å². The van der Waals surface area contributed by atoms with Crippen LogP contribution in [-0.2, 0) is 24.0 Å². The lowest BCUT2D eigenvalue weighted by atomic mass is 10.0. The molecule has 15 N–H and O–H groups in total. The lowest BCUT2D eigenvalue weighted by Gasteiger charge is -2.25. The molecule has 0 bridgehead atoms. The van der Waals surface area contributed by atoms with Crippen molar-refractivity contribution in [3.63, 3.8) is 0 Å². The second-order valence-corrected chi connectivity index (χ2v) is 12.4. The van der Waals surface area contributed by atoms with Gasteiger partial charge in [0, 0.05) is 30.4 Å². The van der Waals surface area contributed by atoms with Gasteiger partial charge in [-0.3, -0.25) is 34.0 Å². The van der Waals surface area contributed by atoms with Crippen LogP contribution in [0.1, 0.15) is 58.4 Å². The average Bonchev–Trinajstić information content (AvgIpc) is 3.04. The van der Waals surface area contributed by atoms with E-state index in [0.717, 1.165) is 11.1 Å². The van der Waals surface area contributed by atoms with Crippen LogP contribution in [0.15, 0.2) is 46.6 Å².